The third-order valence-electron chi connectivity index (χ3n) is 4.27. The average molecular weight is 318 g/mol. The van der Waals surface area contributed by atoms with E-state index >= 15 is 0 Å². The minimum absolute atomic E-state index is 0.0757. The molecule has 1 aliphatic rings. The summed E-state index contributed by atoms with van der Waals surface area (Å²) in [5, 5.41) is 7.76. The van der Waals surface area contributed by atoms with Gasteiger partial charge in [0.1, 0.15) is 0 Å². The van der Waals surface area contributed by atoms with E-state index in [-0.39, 0.29) is 5.91 Å². The van der Waals surface area contributed by atoms with E-state index in [0.29, 0.717) is 11.5 Å². The lowest BCUT2D eigenvalue weighted by Gasteiger charge is -2.17. The first-order chi connectivity index (χ1) is 10.7. The number of carbonyl (C=O) groups excluding carboxylic acids is 1. The van der Waals surface area contributed by atoms with E-state index in [9.17, 15) is 4.79 Å². The van der Waals surface area contributed by atoms with Crippen LogP contribution in [0.1, 0.15) is 47.3 Å². The van der Waals surface area contributed by atoms with Gasteiger partial charge in [0, 0.05) is 29.7 Å². The predicted molar refractivity (Wildman–Crippen MR) is 87.3 cm³/mol. The van der Waals surface area contributed by atoms with Gasteiger partial charge in [-0.2, -0.15) is 5.10 Å². The summed E-state index contributed by atoms with van der Waals surface area (Å²) < 4.78 is 0. The lowest BCUT2D eigenvalue weighted by Crippen LogP contribution is -2.29. The number of H-pyrrole nitrogens is 1. The number of likely N-dealkylation sites (tertiary alicyclic amines) is 1. The lowest BCUT2D eigenvalue weighted by molar-refractivity contribution is 0.0789. The second kappa shape index (κ2) is 6.53. The molecular weight excluding hydrogens is 298 g/mol. The maximum absolute atomic E-state index is 12.7. The number of hydrogen-bond donors (Lipinski definition) is 1. The number of benzene rings is 1. The Morgan fingerprint density at radius 2 is 2.27 bits per heavy atom. The molecule has 1 atom stereocenters. The Morgan fingerprint density at radius 1 is 1.45 bits per heavy atom. The zero-order valence-corrected chi connectivity index (χ0v) is 13.4. The zero-order chi connectivity index (χ0) is 15.5. The van der Waals surface area contributed by atoms with Gasteiger partial charge >= 0.3 is 0 Å². The van der Waals surface area contributed by atoms with Crippen LogP contribution in [0.15, 0.2) is 30.5 Å². The highest BCUT2D eigenvalue weighted by Crippen LogP contribution is 2.32. The molecule has 0 unspecified atom stereocenters. The molecule has 5 heteroatoms. The number of rotatable bonds is 4. The van der Waals surface area contributed by atoms with Crippen LogP contribution in [0, 0.1) is 0 Å². The lowest BCUT2D eigenvalue weighted by atomic mass is 9.98. The molecule has 1 aliphatic heterocycles. The third kappa shape index (κ3) is 2.88. The molecular formula is C17H20ClN3O. The van der Waals surface area contributed by atoms with Crippen molar-refractivity contribution in [3.05, 3.63) is 52.3 Å². The first-order valence-corrected chi connectivity index (χ1v) is 8.14. The molecule has 22 heavy (non-hydrogen) atoms. The average Bonchev–Trinajstić information content (AvgIpc) is 3.17. The highest BCUT2D eigenvalue weighted by molar-refractivity contribution is 6.31. The monoisotopic (exact) mass is 317 g/mol. The number of carbonyl (C=O) groups is 1. The van der Waals surface area contributed by atoms with Gasteiger partial charge in [-0.1, -0.05) is 43.1 Å². The second-order valence-electron chi connectivity index (χ2n) is 5.77. The molecule has 0 radical (unpaired) electrons. The zero-order valence-electron chi connectivity index (χ0n) is 12.7. The number of nitrogens with one attached hydrogen (secondary N) is 1. The molecule has 0 aliphatic carbocycles. The molecule has 1 N–H and O–H groups in total. The highest BCUT2D eigenvalue weighted by atomic mass is 35.5. The van der Waals surface area contributed by atoms with Crippen molar-refractivity contribution in [3.63, 3.8) is 0 Å². The van der Waals surface area contributed by atoms with Crippen LogP contribution in [0.3, 0.4) is 0 Å². The molecule has 1 fully saturated rings. The summed E-state index contributed by atoms with van der Waals surface area (Å²) in [7, 11) is 0. The number of aromatic nitrogens is 2. The summed E-state index contributed by atoms with van der Waals surface area (Å²) in [6.07, 6.45) is 4.44. The third-order valence-corrected chi connectivity index (χ3v) is 4.61. The van der Waals surface area contributed by atoms with Crippen molar-refractivity contribution in [3.8, 4) is 0 Å². The van der Waals surface area contributed by atoms with Crippen molar-refractivity contribution in [2.45, 2.75) is 32.1 Å². The van der Waals surface area contributed by atoms with E-state index in [2.05, 4.69) is 23.2 Å². The molecule has 3 rings (SSSR count). The number of nitrogens with zero attached hydrogens (tertiary/aromatic N) is 2. The maximum atomic E-state index is 12.7. The number of halogens is 1. The number of hydrogen-bond acceptors (Lipinski definition) is 2. The molecule has 0 bridgehead atoms. The van der Waals surface area contributed by atoms with Crippen LogP contribution >= 0.6 is 11.6 Å². The molecule has 0 spiro atoms. The molecule has 2 aromatic rings. The van der Waals surface area contributed by atoms with Crippen LogP contribution in [0.5, 0.6) is 0 Å². The normalized spacial score (nSPS) is 17.9. The Bertz CT molecular complexity index is 667. The van der Waals surface area contributed by atoms with Gasteiger partial charge in [-0.15, -0.1) is 0 Å². The molecule has 116 valence electrons. The summed E-state index contributed by atoms with van der Waals surface area (Å²) in [5.41, 5.74) is 2.79. The first kappa shape index (κ1) is 15.1. The van der Waals surface area contributed by atoms with Gasteiger partial charge < -0.3 is 4.90 Å². The summed E-state index contributed by atoms with van der Waals surface area (Å²) in [6.45, 7) is 3.59. The van der Waals surface area contributed by atoms with E-state index in [1.165, 1.54) is 0 Å². The van der Waals surface area contributed by atoms with Gasteiger partial charge in [-0.05, 0) is 24.5 Å². The fraction of sp³-hybridized carbons (Fsp3) is 0.412. The number of amides is 1. The van der Waals surface area contributed by atoms with E-state index in [4.69, 9.17) is 11.6 Å². The Hall–Kier alpha value is -1.81. The first-order valence-electron chi connectivity index (χ1n) is 7.76. The molecule has 0 saturated carbocycles. The van der Waals surface area contributed by atoms with Gasteiger partial charge in [-0.3, -0.25) is 9.89 Å². The quantitative estimate of drug-likeness (QED) is 0.935. The van der Waals surface area contributed by atoms with Crippen LogP contribution in [0.2, 0.25) is 5.02 Å². The SMILES string of the molecule is CCCc1[nH]ncc1C(=O)N1CC[C@H](c2ccccc2Cl)C1. The summed E-state index contributed by atoms with van der Waals surface area (Å²) >= 11 is 6.28. The molecule has 1 aromatic carbocycles. The van der Waals surface area contributed by atoms with E-state index < -0.39 is 0 Å². The molecule has 2 heterocycles. The summed E-state index contributed by atoms with van der Waals surface area (Å²) in [6, 6.07) is 7.91. The largest absolute Gasteiger partial charge is 0.338 e. The Balaban J connectivity index is 1.74. The Morgan fingerprint density at radius 3 is 3.05 bits per heavy atom. The summed E-state index contributed by atoms with van der Waals surface area (Å²) in [5.74, 6) is 0.394. The molecule has 4 nitrogen and oxygen atoms in total. The van der Waals surface area contributed by atoms with Crippen molar-refractivity contribution < 1.29 is 4.79 Å². The van der Waals surface area contributed by atoms with Crippen LogP contribution in [-0.4, -0.2) is 34.1 Å². The Kier molecular flexibility index (Phi) is 4.48. The van der Waals surface area contributed by atoms with E-state index in [1.807, 2.05) is 23.1 Å². The topological polar surface area (TPSA) is 49.0 Å². The van der Waals surface area contributed by atoms with E-state index in [1.54, 1.807) is 6.20 Å². The van der Waals surface area contributed by atoms with Crippen molar-refractivity contribution in [2.75, 3.05) is 13.1 Å². The van der Waals surface area contributed by atoms with Crippen molar-refractivity contribution in [1.29, 1.82) is 0 Å². The molecule has 1 amide bonds. The van der Waals surface area contributed by atoms with Gasteiger partial charge in [-0.25, -0.2) is 0 Å². The van der Waals surface area contributed by atoms with Crippen molar-refractivity contribution in [2.24, 2.45) is 0 Å². The number of aromatic amines is 1. The maximum Gasteiger partial charge on any atom is 0.257 e. The van der Waals surface area contributed by atoms with E-state index in [0.717, 1.165) is 48.6 Å². The standard InChI is InChI=1S/C17H20ClN3O/c1-2-5-16-14(10-19-20-16)17(22)21-9-8-12(11-21)13-6-3-4-7-15(13)18/h3-4,6-7,10,12H,2,5,8-9,11H2,1H3,(H,19,20)/t12-/m0/s1. The van der Waals surface area contributed by atoms with Crippen LogP contribution < -0.4 is 0 Å². The van der Waals surface area contributed by atoms with Gasteiger partial charge in [0.05, 0.1) is 11.8 Å². The van der Waals surface area contributed by atoms with Crippen molar-refractivity contribution in [1.82, 2.24) is 15.1 Å². The van der Waals surface area contributed by atoms with Gasteiger partial charge in [0.2, 0.25) is 0 Å². The minimum atomic E-state index is 0.0757. The van der Waals surface area contributed by atoms with Crippen LogP contribution in [0.4, 0.5) is 0 Å². The molecule has 1 aromatic heterocycles. The van der Waals surface area contributed by atoms with Crippen molar-refractivity contribution >= 4 is 17.5 Å². The minimum Gasteiger partial charge on any atom is -0.338 e. The predicted octanol–water partition coefficient (Wildman–Crippen LogP) is 3.65. The Labute approximate surface area is 135 Å². The second-order valence-corrected chi connectivity index (χ2v) is 6.18. The van der Waals surface area contributed by atoms with Gasteiger partial charge in [0.15, 0.2) is 0 Å². The summed E-state index contributed by atoms with van der Waals surface area (Å²) in [4.78, 5) is 14.6. The fourth-order valence-electron chi connectivity index (χ4n) is 3.11. The van der Waals surface area contributed by atoms with Gasteiger partial charge in [0.25, 0.3) is 5.91 Å². The number of aryl methyl sites for hydroxylation is 1. The van der Waals surface area contributed by atoms with Crippen LogP contribution in [0.25, 0.3) is 0 Å². The fourth-order valence-corrected chi connectivity index (χ4v) is 3.40. The smallest absolute Gasteiger partial charge is 0.257 e. The van der Waals surface area contributed by atoms with Crippen LogP contribution in [-0.2, 0) is 6.42 Å². The highest BCUT2D eigenvalue weighted by Gasteiger charge is 2.30. The molecule has 1 saturated heterocycles.